The van der Waals surface area contributed by atoms with Gasteiger partial charge in [-0.05, 0) is 25.0 Å². The lowest BCUT2D eigenvalue weighted by Gasteiger charge is -2.29. The summed E-state index contributed by atoms with van der Waals surface area (Å²) < 4.78 is 0. The topological polar surface area (TPSA) is 98.1 Å². The van der Waals surface area contributed by atoms with Crippen molar-refractivity contribution >= 4 is 28.9 Å². The molecular weight excluding hydrogens is 310 g/mol. The molecule has 1 heterocycles. The third-order valence-electron chi connectivity index (χ3n) is 4.12. The molecule has 0 aromatic heterocycles. The highest BCUT2D eigenvalue weighted by Gasteiger charge is 2.36. The van der Waals surface area contributed by atoms with Gasteiger partial charge in [-0.25, -0.2) is 0 Å². The van der Waals surface area contributed by atoms with Crippen molar-refractivity contribution < 1.29 is 24.9 Å². The van der Waals surface area contributed by atoms with Crippen LogP contribution in [-0.4, -0.2) is 46.1 Å². The number of hydrogen-bond donors (Lipinski definition) is 3. The van der Waals surface area contributed by atoms with Crippen LogP contribution in [0.5, 0.6) is 11.5 Å². The monoisotopic (exact) mass is 323 g/mol. The van der Waals surface area contributed by atoms with E-state index >= 15 is 0 Å². The minimum absolute atomic E-state index is 0.0888. The van der Waals surface area contributed by atoms with Crippen LogP contribution >= 0.6 is 11.6 Å². The average Bonchev–Trinajstić information content (AvgIpc) is 2.95. The van der Waals surface area contributed by atoms with Crippen molar-refractivity contribution in [2.24, 2.45) is 0 Å². The van der Waals surface area contributed by atoms with E-state index in [1.54, 1.807) is 4.90 Å². The number of ketones is 2. The number of benzene rings is 1. The number of rotatable bonds is 2. The summed E-state index contributed by atoms with van der Waals surface area (Å²) in [7, 11) is 0. The maximum atomic E-state index is 12.0. The summed E-state index contributed by atoms with van der Waals surface area (Å²) in [5, 5.41) is 29.9. The van der Waals surface area contributed by atoms with Crippen molar-refractivity contribution in [3.8, 4) is 11.5 Å². The number of allylic oxidation sites excluding steroid dienone is 2. The Morgan fingerprint density at radius 2 is 1.73 bits per heavy atom. The second-order valence-corrected chi connectivity index (χ2v) is 5.72. The number of aliphatic hydroxyl groups excluding tert-OH is 1. The lowest BCUT2D eigenvalue weighted by atomic mass is 9.91. The first-order chi connectivity index (χ1) is 10.5. The van der Waals surface area contributed by atoms with E-state index in [9.17, 15) is 24.9 Å². The van der Waals surface area contributed by atoms with Crippen molar-refractivity contribution in [2.75, 3.05) is 18.1 Å². The molecule has 3 rings (SSSR count). The number of halogens is 1. The number of anilines is 1. The molecule has 7 heteroatoms. The van der Waals surface area contributed by atoms with Crippen LogP contribution in [0.1, 0.15) is 33.6 Å². The number of nitrogens with zero attached hydrogens (tertiary/aromatic N) is 1. The van der Waals surface area contributed by atoms with Crippen LogP contribution in [0.3, 0.4) is 0 Å². The number of fused-ring (bicyclic) bond motifs is 1. The maximum Gasteiger partial charge on any atom is 0.190 e. The molecule has 1 unspecified atom stereocenters. The van der Waals surface area contributed by atoms with Gasteiger partial charge in [-0.2, -0.15) is 0 Å². The number of aliphatic hydroxyl groups is 1. The standard InChI is InChI=1S/C15H14ClNO5/c16-12-13(17-5-1-2-7(17)6-18)15(22)11-9(20)4-3-8(19)10(11)14(12)21/h3-4,7,18,21-22H,1-2,5-6H2. The predicted molar refractivity (Wildman–Crippen MR) is 80.0 cm³/mol. The van der Waals surface area contributed by atoms with Crippen LogP contribution in [0.15, 0.2) is 12.2 Å². The lowest BCUT2D eigenvalue weighted by Crippen LogP contribution is -2.32. The normalized spacial score (nSPS) is 20.6. The summed E-state index contributed by atoms with van der Waals surface area (Å²) in [6, 6.07) is -0.259. The summed E-state index contributed by atoms with van der Waals surface area (Å²) in [5.74, 6) is -2.10. The Balaban J connectivity index is 2.26. The van der Waals surface area contributed by atoms with E-state index in [1.807, 2.05) is 0 Å². The molecule has 0 saturated carbocycles. The van der Waals surface area contributed by atoms with E-state index in [0.29, 0.717) is 13.0 Å². The third-order valence-corrected chi connectivity index (χ3v) is 4.48. The fraction of sp³-hybridized carbons (Fsp3) is 0.333. The highest BCUT2D eigenvalue weighted by molar-refractivity contribution is 6.37. The van der Waals surface area contributed by atoms with Crippen LogP contribution in [0.25, 0.3) is 0 Å². The van der Waals surface area contributed by atoms with Crippen LogP contribution in [0.2, 0.25) is 5.02 Å². The highest BCUT2D eigenvalue weighted by atomic mass is 35.5. The van der Waals surface area contributed by atoms with Crippen LogP contribution in [-0.2, 0) is 0 Å². The number of phenols is 2. The van der Waals surface area contributed by atoms with Gasteiger partial charge in [0.05, 0.1) is 23.8 Å². The van der Waals surface area contributed by atoms with Gasteiger partial charge < -0.3 is 20.2 Å². The Morgan fingerprint density at radius 3 is 2.32 bits per heavy atom. The van der Waals surface area contributed by atoms with E-state index in [1.165, 1.54) is 0 Å². The zero-order valence-corrected chi connectivity index (χ0v) is 12.3. The molecule has 1 aliphatic carbocycles. The minimum Gasteiger partial charge on any atom is -0.505 e. The summed E-state index contributed by atoms with van der Waals surface area (Å²) in [6.45, 7) is 0.384. The van der Waals surface area contributed by atoms with Crippen LogP contribution in [0.4, 0.5) is 5.69 Å². The molecule has 22 heavy (non-hydrogen) atoms. The molecule has 3 N–H and O–H groups in total. The second kappa shape index (κ2) is 5.30. The molecule has 0 bridgehead atoms. The highest BCUT2D eigenvalue weighted by Crippen LogP contribution is 2.49. The first kappa shape index (κ1) is 14.9. The molecule has 116 valence electrons. The first-order valence-electron chi connectivity index (χ1n) is 6.89. The Hall–Kier alpha value is -2.05. The molecule has 0 amide bonds. The van der Waals surface area contributed by atoms with E-state index in [0.717, 1.165) is 18.6 Å². The summed E-state index contributed by atoms with van der Waals surface area (Å²) in [6.07, 6.45) is 3.57. The average molecular weight is 324 g/mol. The minimum atomic E-state index is -0.587. The largest absolute Gasteiger partial charge is 0.505 e. The molecule has 6 nitrogen and oxygen atoms in total. The van der Waals surface area contributed by atoms with Gasteiger partial charge >= 0.3 is 0 Å². The van der Waals surface area contributed by atoms with Gasteiger partial charge in [0.15, 0.2) is 17.3 Å². The van der Waals surface area contributed by atoms with Gasteiger partial charge in [-0.1, -0.05) is 11.6 Å². The Kier molecular flexibility index (Phi) is 3.58. The van der Waals surface area contributed by atoms with Gasteiger partial charge in [0.2, 0.25) is 0 Å². The summed E-state index contributed by atoms with van der Waals surface area (Å²) in [4.78, 5) is 25.6. The van der Waals surface area contributed by atoms with Crippen molar-refractivity contribution in [3.05, 3.63) is 28.3 Å². The number of carbonyl (C=O) groups is 2. The molecule has 0 spiro atoms. The molecule has 1 saturated heterocycles. The summed E-state index contributed by atoms with van der Waals surface area (Å²) >= 11 is 6.13. The Labute approximate surface area is 131 Å². The fourth-order valence-electron chi connectivity index (χ4n) is 3.06. The molecule has 1 aliphatic heterocycles. The van der Waals surface area contributed by atoms with Crippen molar-refractivity contribution in [1.82, 2.24) is 0 Å². The Bertz CT molecular complexity index is 713. The Morgan fingerprint density at radius 1 is 1.14 bits per heavy atom. The summed E-state index contributed by atoms with van der Waals surface area (Å²) in [5.41, 5.74) is -0.433. The SMILES string of the molecule is O=C1C=CC(=O)c2c(O)c(N3CCCC3CO)c(Cl)c(O)c21. The van der Waals surface area contributed by atoms with E-state index in [-0.39, 0.29) is 34.5 Å². The first-order valence-corrected chi connectivity index (χ1v) is 7.26. The number of hydrogen-bond acceptors (Lipinski definition) is 6. The molecular formula is C15H14ClNO5. The lowest BCUT2D eigenvalue weighted by molar-refractivity contribution is 0.0989. The fourth-order valence-corrected chi connectivity index (χ4v) is 3.35. The zero-order chi connectivity index (χ0) is 16.0. The molecule has 2 aliphatic rings. The second-order valence-electron chi connectivity index (χ2n) is 5.34. The number of aromatic hydroxyl groups is 2. The quantitative estimate of drug-likeness (QED) is 0.716. The van der Waals surface area contributed by atoms with E-state index in [2.05, 4.69) is 0 Å². The predicted octanol–water partition coefficient (Wildman–Crippen LogP) is 1.65. The van der Waals surface area contributed by atoms with Crippen molar-refractivity contribution in [3.63, 3.8) is 0 Å². The van der Waals surface area contributed by atoms with Crippen LogP contribution in [0, 0.1) is 0 Å². The maximum absolute atomic E-state index is 12.0. The van der Waals surface area contributed by atoms with Gasteiger partial charge in [-0.3, -0.25) is 9.59 Å². The molecule has 0 radical (unpaired) electrons. The van der Waals surface area contributed by atoms with Crippen molar-refractivity contribution in [1.29, 1.82) is 0 Å². The third kappa shape index (κ3) is 1.99. The van der Waals surface area contributed by atoms with E-state index < -0.39 is 23.1 Å². The molecule has 1 aromatic rings. The zero-order valence-electron chi connectivity index (χ0n) is 11.5. The van der Waals surface area contributed by atoms with Gasteiger partial charge in [0.25, 0.3) is 0 Å². The van der Waals surface area contributed by atoms with Crippen LogP contribution < -0.4 is 4.90 Å². The molecule has 1 aromatic carbocycles. The molecule has 1 atom stereocenters. The molecule has 1 fully saturated rings. The van der Waals surface area contributed by atoms with E-state index in [4.69, 9.17) is 11.6 Å². The number of carbonyl (C=O) groups excluding carboxylic acids is 2. The van der Waals surface area contributed by atoms with Gasteiger partial charge in [0, 0.05) is 6.54 Å². The van der Waals surface area contributed by atoms with Gasteiger partial charge in [-0.15, -0.1) is 0 Å². The van der Waals surface area contributed by atoms with Crippen molar-refractivity contribution in [2.45, 2.75) is 18.9 Å². The number of phenolic OH excluding ortho intramolecular Hbond substituents is 2. The van der Waals surface area contributed by atoms with Gasteiger partial charge in [0.1, 0.15) is 16.5 Å². The smallest absolute Gasteiger partial charge is 0.190 e.